The number of para-hydroxylation sites is 3. The Kier molecular flexibility index (Phi) is 8.50. The molecule has 0 unspecified atom stereocenters. The van der Waals surface area contributed by atoms with Crippen molar-refractivity contribution < 1.29 is 4.42 Å². The lowest BCUT2D eigenvalue weighted by molar-refractivity contribution is 0.669. The minimum absolute atomic E-state index is 0.535. The van der Waals surface area contributed by atoms with Crippen LogP contribution in [0.15, 0.2) is 259 Å². The van der Waals surface area contributed by atoms with Crippen molar-refractivity contribution in [3.05, 3.63) is 277 Å². The maximum atomic E-state index is 6.55. The summed E-state index contributed by atoms with van der Waals surface area (Å²) in [6.07, 6.45) is 0. The molecule has 68 heavy (non-hydrogen) atoms. The third kappa shape index (κ3) is 5.66. The molecule has 3 heteroatoms. The van der Waals surface area contributed by atoms with Gasteiger partial charge in [0.05, 0.1) is 16.4 Å². The summed E-state index contributed by atoms with van der Waals surface area (Å²) >= 11 is 0. The first kappa shape index (κ1) is 38.4. The van der Waals surface area contributed by atoms with Gasteiger partial charge in [0, 0.05) is 50.4 Å². The number of rotatable bonds is 7. The Bertz CT molecular complexity index is 4050. The zero-order valence-corrected chi connectivity index (χ0v) is 37.1. The van der Waals surface area contributed by atoms with Gasteiger partial charge in [-0.1, -0.05) is 176 Å². The standard InChI is InChI=1S/C65H42N2O/c1-4-19-46(20-5-1)65(47-21-6-2-7-22-47)58-37-32-43-17-10-11-26-52(43)64(58)56-35-31-45(40-59(56)65)44-18-16-25-49(39-44)66(51-33-36-55-54-28-13-15-30-62(54)68-63(55)42-51)50-34-38-61-57(41-50)53-27-12-14-29-60(53)67(61)48-23-8-3-9-24-48/h1-42H. The van der Waals surface area contributed by atoms with E-state index in [1.165, 1.54) is 60.4 Å². The molecule has 1 aliphatic carbocycles. The van der Waals surface area contributed by atoms with E-state index >= 15 is 0 Å². The number of nitrogens with zero attached hydrogens (tertiary/aromatic N) is 2. The molecule has 1 aliphatic rings. The van der Waals surface area contributed by atoms with Crippen LogP contribution in [0.4, 0.5) is 17.1 Å². The van der Waals surface area contributed by atoms with Gasteiger partial charge in [-0.15, -0.1) is 0 Å². The SMILES string of the molecule is c1ccc(-n2c3ccccc3c3cc(N(c4cccc(-c5ccc6c(c5)C(c5ccccc5)(c5ccccc5)c5ccc7ccccc7c5-6)c4)c4ccc5c(c4)oc4ccccc45)ccc32)cc1. The molecule has 0 bridgehead atoms. The fourth-order valence-electron chi connectivity index (χ4n) is 11.5. The quantitative estimate of drug-likeness (QED) is 0.159. The fraction of sp³-hybridized carbons (Fsp3) is 0.0154. The number of hydrogen-bond acceptors (Lipinski definition) is 2. The molecule has 0 atom stereocenters. The van der Waals surface area contributed by atoms with Crippen molar-refractivity contribution in [2.45, 2.75) is 5.41 Å². The third-order valence-corrected chi connectivity index (χ3v) is 14.4. The summed E-state index contributed by atoms with van der Waals surface area (Å²) in [6.45, 7) is 0. The Hall–Kier alpha value is -8.92. The lowest BCUT2D eigenvalue weighted by Gasteiger charge is -2.34. The molecular formula is C65H42N2O. The van der Waals surface area contributed by atoms with Crippen molar-refractivity contribution in [2.75, 3.05) is 4.90 Å². The van der Waals surface area contributed by atoms with Crippen LogP contribution >= 0.6 is 0 Å². The monoisotopic (exact) mass is 866 g/mol. The van der Waals surface area contributed by atoms with Gasteiger partial charge in [0.1, 0.15) is 11.2 Å². The minimum atomic E-state index is -0.535. The second-order valence-electron chi connectivity index (χ2n) is 18.0. The van der Waals surface area contributed by atoms with Crippen molar-refractivity contribution in [3.63, 3.8) is 0 Å². The molecule has 13 aromatic rings. The average Bonchev–Trinajstić information content (AvgIpc) is 4.05. The zero-order valence-electron chi connectivity index (χ0n) is 37.1. The minimum Gasteiger partial charge on any atom is -0.456 e. The molecule has 14 rings (SSSR count). The van der Waals surface area contributed by atoms with Gasteiger partial charge in [-0.3, -0.25) is 0 Å². The van der Waals surface area contributed by atoms with Crippen LogP contribution in [0.2, 0.25) is 0 Å². The molecular weight excluding hydrogens is 825 g/mol. The molecule has 0 N–H and O–H groups in total. The second-order valence-corrected chi connectivity index (χ2v) is 18.0. The molecule has 0 saturated carbocycles. The highest BCUT2D eigenvalue weighted by Gasteiger charge is 2.46. The molecule has 2 heterocycles. The van der Waals surface area contributed by atoms with Crippen molar-refractivity contribution >= 4 is 71.6 Å². The largest absolute Gasteiger partial charge is 0.456 e. The number of aromatic nitrogens is 1. The van der Waals surface area contributed by atoms with Gasteiger partial charge in [-0.05, 0) is 128 Å². The summed E-state index contributed by atoms with van der Waals surface area (Å²) < 4.78 is 8.92. The second kappa shape index (κ2) is 15.1. The van der Waals surface area contributed by atoms with Crippen LogP contribution in [-0.2, 0) is 5.41 Å². The molecule has 2 aromatic heterocycles. The number of hydrogen-bond donors (Lipinski definition) is 0. The van der Waals surface area contributed by atoms with Crippen LogP contribution < -0.4 is 4.90 Å². The van der Waals surface area contributed by atoms with Crippen LogP contribution in [-0.4, -0.2) is 4.57 Å². The average molecular weight is 867 g/mol. The van der Waals surface area contributed by atoms with E-state index in [1.807, 2.05) is 6.07 Å². The Labute approximate surface area is 394 Å². The first-order chi connectivity index (χ1) is 33.7. The van der Waals surface area contributed by atoms with E-state index in [0.29, 0.717) is 0 Å². The van der Waals surface area contributed by atoms with Gasteiger partial charge >= 0.3 is 0 Å². The first-order valence-corrected chi connectivity index (χ1v) is 23.4. The molecule has 0 radical (unpaired) electrons. The van der Waals surface area contributed by atoms with E-state index in [0.717, 1.165) is 61.3 Å². The third-order valence-electron chi connectivity index (χ3n) is 14.4. The lowest BCUT2D eigenvalue weighted by atomic mass is 9.67. The zero-order chi connectivity index (χ0) is 44.8. The molecule has 0 spiro atoms. The van der Waals surface area contributed by atoms with Crippen LogP contribution in [0.3, 0.4) is 0 Å². The Morgan fingerprint density at radius 1 is 0.353 bits per heavy atom. The van der Waals surface area contributed by atoms with E-state index in [2.05, 4.69) is 258 Å². The van der Waals surface area contributed by atoms with E-state index in [4.69, 9.17) is 4.42 Å². The molecule has 318 valence electrons. The normalized spacial score (nSPS) is 12.8. The first-order valence-electron chi connectivity index (χ1n) is 23.4. The summed E-state index contributed by atoms with van der Waals surface area (Å²) in [6, 6.07) is 93.2. The predicted molar refractivity (Wildman–Crippen MR) is 283 cm³/mol. The van der Waals surface area contributed by atoms with Crippen LogP contribution in [0.25, 0.3) is 82.5 Å². The summed E-state index contributed by atoms with van der Waals surface area (Å²) in [5, 5.41) is 7.14. The Balaban J connectivity index is 0.985. The van der Waals surface area contributed by atoms with Gasteiger partial charge in [-0.25, -0.2) is 0 Å². The van der Waals surface area contributed by atoms with Gasteiger partial charge in [0.25, 0.3) is 0 Å². The van der Waals surface area contributed by atoms with Crippen molar-refractivity contribution in [2.24, 2.45) is 0 Å². The van der Waals surface area contributed by atoms with E-state index in [-0.39, 0.29) is 0 Å². The Morgan fingerprint density at radius 2 is 0.971 bits per heavy atom. The molecule has 0 fully saturated rings. The molecule has 0 saturated heterocycles. The predicted octanol–water partition coefficient (Wildman–Crippen LogP) is 17.3. The number of benzene rings is 11. The van der Waals surface area contributed by atoms with Crippen LogP contribution in [0, 0.1) is 0 Å². The topological polar surface area (TPSA) is 21.3 Å². The van der Waals surface area contributed by atoms with Crippen molar-refractivity contribution in [1.29, 1.82) is 0 Å². The van der Waals surface area contributed by atoms with Crippen LogP contribution in [0.1, 0.15) is 22.3 Å². The van der Waals surface area contributed by atoms with Crippen molar-refractivity contribution in [3.8, 4) is 27.9 Å². The smallest absolute Gasteiger partial charge is 0.137 e. The lowest BCUT2D eigenvalue weighted by Crippen LogP contribution is -2.28. The highest BCUT2D eigenvalue weighted by atomic mass is 16.3. The number of anilines is 3. The van der Waals surface area contributed by atoms with E-state index in [9.17, 15) is 0 Å². The van der Waals surface area contributed by atoms with Gasteiger partial charge in [0.2, 0.25) is 0 Å². The number of furan rings is 1. The fourth-order valence-corrected chi connectivity index (χ4v) is 11.5. The van der Waals surface area contributed by atoms with E-state index in [1.54, 1.807) is 0 Å². The summed E-state index contributed by atoms with van der Waals surface area (Å²) in [4.78, 5) is 2.39. The maximum Gasteiger partial charge on any atom is 0.137 e. The summed E-state index contributed by atoms with van der Waals surface area (Å²) in [5.74, 6) is 0. The van der Waals surface area contributed by atoms with Gasteiger partial charge < -0.3 is 13.9 Å². The number of fused-ring (bicyclic) bond motifs is 11. The molecule has 11 aromatic carbocycles. The summed E-state index contributed by atoms with van der Waals surface area (Å²) in [5.41, 5.74) is 17.8. The van der Waals surface area contributed by atoms with E-state index < -0.39 is 5.41 Å². The van der Waals surface area contributed by atoms with Crippen LogP contribution in [0.5, 0.6) is 0 Å². The van der Waals surface area contributed by atoms with Gasteiger partial charge in [-0.2, -0.15) is 0 Å². The molecule has 0 aliphatic heterocycles. The summed E-state index contributed by atoms with van der Waals surface area (Å²) in [7, 11) is 0. The highest BCUT2D eigenvalue weighted by Crippen LogP contribution is 2.58. The molecule has 0 amide bonds. The molecule has 3 nitrogen and oxygen atoms in total. The van der Waals surface area contributed by atoms with Crippen molar-refractivity contribution in [1.82, 2.24) is 4.57 Å². The highest BCUT2D eigenvalue weighted by molar-refractivity contribution is 6.11. The van der Waals surface area contributed by atoms with Gasteiger partial charge in [0.15, 0.2) is 0 Å². The Morgan fingerprint density at radius 3 is 1.78 bits per heavy atom. The maximum absolute atomic E-state index is 6.55.